The van der Waals surface area contributed by atoms with Crippen molar-refractivity contribution >= 4 is 0 Å². The van der Waals surface area contributed by atoms with Crippen LogP contribution in [0.2, 0.25) is 0 Å². The molecule has 0 amide bonds. The summed E-state index contributed by atoms with van der Waals surface area (Å²) >= 11 is 0. The lowest BCUT2D eigenvalue weighted by Gasteiger charge is -2.10. The third-order valence-electron chi connectivity index (χ3n) is 3.32. The summed E-state index contributed by atoms with van der Waals surface area (Å²) < 4.78 is 20.8. The van der Waals surface area contributed by atoms with Crippen LogP contribution in [0.1, 0.15) is 0 Å². The van der Waals surface area contributed by atoms with Gasteiger partial charge in [0.1, 0.15) is 0 Å². The molecule has 6 heteroatoms. The Morgan fingerprint density at radius 1 is 0.650 bits per heavy atom. The summed E-state index contributed by atoms with van der Waals surface area (Å²) in [6, 6.07) is 6.67. The molecule has 0 aromatic heterocycles. The van der Waals surface area contributed by atoms with Gasteiger partial charge in [0.15, 0.2) is 23.0 Å². The van der Waals surface area contributed by atoms with E-state index in [1.54, 1.807) is 24.3 Å². The number of ether oxygens (including phenoxy) is 4. The zero-order valence-corrected chi connectivity index (χ0v) is 10.3. The molecule has 2 N–H and O–H groups in total. The molecule has 0 atom stereocenters. The van der Waals surface area contributed by atoms with Crippen molar-refractivity contribution in [2.45, 2.75) is 0 Å². The molecule has 0 bridgehead atoms. The summed E-state index contributed by atoms with van der Waals surface area (Å²) in [6.07, 6.45) is 0. The smallest absolute Gasteiger partial charge is 0.231 e. The van der Waals surface area contributed by atoms with E-state index in [1.165, 1.54) is 0 Å². The van der Waals surface area contributed by atoms with Crippen LogP contribution in [0.4, 0.5) is 0 Å². The summed E-state index contributed by atoms with van der Waals surface area (Å²) in [5, 5.41) is 20.5. The maximum Gasteiger partial charge on any atom is 0.231 e. The summed E-state index contributed by atoms with van der Waals surface area (Å²) in [7, 11) is 0. The minimum Gasteiger partial charge on any atom is -0.504 e. The number of rotatable bonds is 1. The Bertz CT molecular complexity index is 648. The number of phenolic OH excluding ortho intramolecular Hbond substituents is 2. The minimum absolute atomic E-state index is 0.0689. The second kappa shape index (κ2) is 3.86. The molecule has 0 saturated heterocycles. The van der Waals surface area contributed by atoms with E-state index in [-0.39, 0.29) is 36.6 Å². The highest BCUT2D eigenvalue weighted by Gasteiger charge is 2.26. The lowest BCUT2D eigenvalue weighted by atomic mass is 10.0. The van der Waals surface area contributed by atoms with Crippen molar-refractivity contribution in [3.8, 4) is 45.6 Å². The van der Waals surface area contributed by atoms with E-state index in [1.807, 2.05) is 0 Å². The molecule has 0 radical (unpaired) electrons. The number of aromatic hydroxyl groups is 2. The SMILES string of the molecule is Oc1c(-c2ccc3c(c2O)OCO3)ccc2c1OCO2. The fourth-order valence-corrected chi connectivity index (χ4v) is 2.35. The molecule has 4 rings (SSSR count). The number of benzene rings is 2. The molecule has 2 aliphatic rings. The number of phenols is 2. The van der Waals surface area contributed by atoms with Gasteiger partial charge >= 0.3 is 0 Å². The fraction of sp³-hybridized carbons (Fsp3) is 0.143. The zero-order valence-electron chi connectivity index (χ0n) is 10.3. The van der Waals surface area contributed by atoms with Crippen LogP contribution in [0, 0.1) is 0 Å². The first-order valence-electron chi connectivity index (χ1n) is 5.99. The monoisotopic (exact) mass is 274 g/mol. The Kier molecular flexibility index (Phi) is 2.14. The van der Waals surface area contributed by atoms with Crippen LogP contribution < -0.4 is 18.9 Å². The van der Waals surface area contributed by atoms with Gasteiger partial charge in [-0.2, -0.15) is 0 Å². The molecule has 2 aromatic rings. The van der Waals surface area contributed by atoms with Crippen molar-refractivity contribution in [1.29, 1.82) is 0 Å². The van der Waals surface area contributed by atoms with Crippen molar-refractivity contribution in [2.75, 3.05) is 13.6 Å². The van der Waals surface area contributed by atoms with Crippen LogP contribution in [0.25, 0.3) is 11.1 Å². The highest BCUT2D eigenvalue weighted by molar-refractivity contribution is 5.82. The molecule has 6 nitrogen and oxygen atoms in total. The molecule has 0 spiro atoms. The van der Waals surface area contributed by atoms with Crippen molar-refractivity contribution in [2.24, 2.45) is 0 Å². The van der Waals surface area contributed by atoms with Gasteiger partial charge in [0.25, 0.3) is 0 Å². The van der Waals surface area contributed by atoms with Crippen LogP contribution in [0.15, 0.2) is 24.3 Å². The Balaban J connectivity index is 1.90. The quantitative estimate of drug-likeness (QED) is 0.830. The van der Waals surface area contributed by atoms with Crippen molar-refractivity contribution < 1.29 is 29.2 Å². The van der Waals surface area contributed by atoms with Gasteiger partial charge in [-0.05, 0) is 24.3 Å². The first-order valence-corrected chi connectivity index (χ1v) is 5.99. The summed E-state index contributed by atoms with van der Waals surface area (Å²) in [5.41, 5.74) is 0.870. The molecule has 0 saturated carbocycles. The van der Waals surface area contributed by atoms with Gasteiger partial charge in [-0.25, -0.2) is 0 Å². The second-order valence-electron chi connectivity index (χ2n) is 4.39. The predicted molar refractivity (Wildman–Crippen MR) is 67.5 cm³/mol. The molecule has 102 valence electrons. The van der Waals surface area contributed by atoms with Gasteiger partial charge in [0, 0.05) is 11.1 Å². The standard InChI is InChI=1S/C14H10O6/c15-11-7(1-3-9-13(11)19-5-17-9)8-2-4-10-14(12(8)16)20-6-18-10/h1-4,15-16H,5-6H2. The van der Waals surface area contributed by atoms with Crippen LogP contribution in [-0.4, -0.2) is 23.8 Å². The Morgan fingerprint density at radius 3 is 1.55 bits per heavy atom. The Hall–Kier alpha value is -2.76. The Labute approximate surface area is 113 Å². The minimum atomic E-state index is -0.0748. The van der Waals surface area contributed by atoms with E-state index < -0.39 is 0 Å². The maximum atomic E-state index is 10.2. The summed E-state index contributed by atoms with van der Waals surface area (Å²) in [5.74, 6) is 1.36. The van der Waals surface area contributed by atoms with Gasteiger partial charge in [-0.1, -0.05) is 0 Å². The third-order valence-corrected chi connectivity index (χ3v) is 3.32. The van der Waals surface area contributed by atoms with Crippen LogP contribution in [-0.2, 0) is 0 Å². The normalized spacial score (nSPS) is 14.6. The van der Waals surface area contributed by atoms with Gasteiger partial charge in [0.2, 0.25) is 25.1 Å². The highest BCUT2D eigenvalue weighted by atomic mass is 16.7. The van der Waals surface area contributed by atoms with E-state index in [4.69, 9.17) is 18.9 Å². The predicted octanol–water partition coefficient (Wildman–Crippen LogP) is 2.22. The molecule has 2 aliphatic heterocycles. The van der Waals surface area contributed by atoms with Crippen molar-refractivity contribution in [1.82, 2.24) is 0 Å². The van der Waals surface area contributed by atoms with Gasteiger partial charge in [-0.3, -0.25) is 0 Å². The summed E-state index contributed by atoms with van der Waals surface area (Å²) in [6.45, 7) is 0.138. The Morgan fingerprint density at radius 2 is 1.10 bits per heavy atom. The lowest BCUT2D eigenvalue weighted by molar-refractivity contribution is 0.171. The maximum absolute atomic E-state index is 10.2. The fourth-order valence-electron chi connectivity index (χ4n) is 2.35. The second-order valence-corrected chi connectivity index (χ2v) is 4.39. The topological polar surface area (TPSA) is 77.4 Å². The van der Waals surface area contributed by atoms with E-state index in [0.717, 1.165) is 0 Å². The third kappa shape index (κ3) is 1.38. The first kappa shape index (κ1) is 11.1. The largest absolute Gasteiger partial charge is 0.504 e. The summed E-state index contributed by atoms with van der Waals surface area (Å²) in [4.78, 5) is 0. The van der Waals surface area contributed by atoms with Crippen molar-refractivity contribution in [3.63, 3.8) is 0 Å². The molecular weight excluding hydrogens is 264 g/mol. The molecule has 0 fully saturated rings. The van der Waals surface area contributed by atoms with Crippen LogP contribution >= 0.6 is 0 Å². The van der Waals surface area contributed by atoms with Crippen LogP contribution in [0.3, 0.4) is 0 Å². The number of fused-ring (bicyclic) bond motifs is 2. The van der Waals surface area contributed by atoms with Crippen molar-refractivity contribution in [3.05, 3.63) is 24.3 Å². The van der Waals surface area contributed by atoms with Crippen LogP contribution in [0.5, 0.6) is 34.5 Å². The average Bonchev–Trinajstić information content (AvgIpc) is 3.09. The first-order chi connectivity index (χ1) is 9.75. The van der Waals surface area contributed by atoms with E-state index >= 15 is 0 Å². The molecular formula is C14H10O6. The molecule has 0 unspecified atom stereocenters. The lowest BCUT2D eigenvalue weighted by Crippen LogP contribution is -1.93. The number of hydrogen-bond donors (Lipinski definition) is 2. The highest BCUT2D eigenvalue weighted by Crippen LogP contribution is 2.51. The molecule has 20 heavy (non-hydrogen) atoms. The molecule has 0 aliphatic carbocycles. The zero-order chi connectivity index (χ0) is 13.7. The number of hydrogen-bond acceptors (Lipinski definition) is 6. The van der Waals surface area contributed by atoms with Gasteiger partial charge in [0.05, 0.1) is 0 Å². The van der Waals surface area contributed by atoms with Gasteiger partial charge < -0.3 is 29.2 Å². The van der Waals surface area contributed by atoms with E-state index in [2.05, 4.69) is 0 Å². The van der Waals surface area contributed by atoms with E-state index in [9.17, 15) is 10.2 Å². The van der Waals surface area contributed by atoms with E-state index in [0.29, 0.717) is 22.6 Å². The molecule has 2 heterocycles. The molecule has 2 aromatic carbocycles. The average molecular weight is 274 g/mol. The van der Waals surface area contributed by atoms with Gasteiger partial charge in [-0.15, -0.1) is 0 Å².